The lowest BCUT2D eigenvalue weighted by molar-refractivity contribution is -0.136. The Labute approximate surface area is 195 Å². The van der Waals surface area contributed by atoms with E-state index < -0.39 is 23.7 Å². The number of aryl methyl sites for hydroxylation is 1. The van der Waals surface area contributed by atoms with Crippen LogP contribution in [-0.4, -0.2) is 12.1 Å². The summed E-state index contributed by atoms with van der Waals surface area (Å²) >= 11 is 0. The molecule has 0 bridgehead atoms. The maximum absolute atomic E-state index is 13.1. The second-order valence-corrected chi connectivity index (χ2v) is 7.57. The van der Waals surface area contributed by atoms with Crippen molar-refractivity contribution >= 4 is 23.0 Å². The van der Waals surface area contributed by atoms with Crippen molar-refractivity contribution in [3.8, 4) is 5.75 Å². The highest BCUT2D eigenvalue weighted by Gasteiger charge is 2.26. The summed E-state index contributed by atoms with van der Waals surface area (Å²) in [5.74, 6) is -0.523. The van der Waals surface area contributed by atoms with E-state index in [4.69, 9.17) is 13.9 Å². The number of hydrogen-bond acceptors (Lipinski definition) is 6. The number of fused-ring (bicyclic) bond motifs is 1. The number of hydrogen-bond donors (Lipinski definition) is 1. The highest BCUT2D eigenvalue weighted by Crippen LogP contribution is 2.25. The molecule has 7 nitrogen and oxygen atoms in total. The molecule has 0 aliphatic rings. The molecular weight excluding hydrogens is 434 g/mol. The minimum atomic E-state index is -1.10. The van der Waals surface area contributed by atoms with Crippen LogP contribution in [0.5, 0.6) is 5.75 Å². The molecule has 34 heavy (non-hydrogen) atoms. The topological polar surface area (TPSA) is 94.8 Å². The molecule has 0 saturated carbocycles. The summed E-state index contributed by atoms with van der Waals surface area (Å²) < 4.78 is 16.1. The molecule has 4 aromatic rings. The molecule has 1 aromatic heterocycles. The number of esters is 1. The lowest BCUT2D eigenvalue weighted by atomic mass is 10.1. The summed E-state index contributed by atoms with van der Waals surface area (Å²) in [6, 6.07) is 23.1. The molecule has 1 atom stereocenters. The normalized spacial score (nSPS) is 11.6. The molecule has 4 rings (SSSR count). The van der Waals surface area contributed by atoms with Gasteiger partial charge >= 0.3 is 17.7 Å². The van der Waals surface area contributed by atoms with E-state index in [0.717, 1.165) is 16.5 Å². The van der Waals surface area contributed by atoms with Crippen molar-refractivity contribution in [2.75, 3.05) is 0 Å². The maximum atomic E-state index is 13.1. The van der Waals surface area contributed by atoms with E-state index >= 15 is 0 Å². The van der Waals surface area contributed by atoms with Crippen molar-refractivity contribution in [2.45, 2.75) is 26.0 Å². The van der Waals surface area contributed by atoms with Gasteiger partial charge in [0.1, 0.15) is 17.9 Å². The van der Waals surface area contributed by atoms with Gasteiger partial charge in [-0.1, -0.05) is 67.6 Å². The largest absolute Gasteiger partial charge is 0.445 e. The van der Waals surface area contributed by atoms with E-state index in [-0.39, 0.29) is 12.4 Å². The van der Waals surface area contributed by atoms with Gasteiger partial charge < -0.3 is 19.2 Å². The van der Waals surface area contributed by atoms with Crippen LogP contribution in [0.1, 0.15) is 29.7 Å². The summed E-state index contributed by atoms with van der Waals surface area (Å²) in [5, 5.41) is 3.35. The van der Waals surface area contributed by atoms with Gasteiger partial charge in [-0.3, -0.25) is 0 Å². The van der Waals surface area contributed by atoms with Gasteiger partial charge in [0.25, 0.3) is 0 Å². The van der Waals surface area contributed by atoms with Crippen LogP contribution in [0.3, 0.4) is 0 Å². The van der Waals surface area contributed by atoms with E-state index in [1.54, 1.807) is 42.5 Å². The van der Waals surface area contributed by atoms with Crippen LogP contribution in [0.4, 0.5) is 4.79 Å². The quantitative estimate of drug-likeness (QED) is 0.240. The molecule has 0 fully saturated rings. The first-order valence-corrected chi connectivity index (χ1v) is 10.8. The van der Waals surface area contributed by atoms with E-state index in [1.165, 1.54) is 12.1 Å². The van der Waals surface area contributed by atoms with E-state index in [2.05, 4.69) is 5.32 Å². The zero-order valence-electron chi connectivity index (χ0n) is 18.5. The van der Waals surface area contributed by atoms with Gasteiger partial charge in [-0.2, -0.15) is 0 Å². The molecule has 0 spiro atoms. The Balaban J connectivity index is 1.53. The van der Waals surface area contributed by atoms with E-state index in [9.17, 15) is 14.4 Å². The molecule has 0 saturated heterocycles. The first kappa shape index (κ1) is 22.8. The lowest BCUT2D eigenvalue weighted by Crippen LogP contribution is -2.36. The van der Waals surface area contributed by atoms with Crippen molar-refractivity contribution in [2.24, 2.45) is 0 Å². The molecule has 7 heteroatoms. The number of carbonyl (C=O) groups excluding carboxylic acids is 2. The van der Waals surface area contributed by atoms with Crippen LogP contribution < -0.4 is 15.7 Å². The van der Waals surface area contributed by atoms with Gasteiger partial charge in [0.2, 0.25) is 0 Å². The summed E-state index contributed by atoms with van der Waals surface area (Å²) in [7, 11) is 0. The molecule has 3 aromatic carbocycles. The SMILES string of the molecule is CCc1cc(=O)oc2cc(OC(=O)C(NC(=O)OCc3ccccc3)c3ccccc3)ccc12. The molecule has 0 aliphatic heterocycles. The van der Waals surface area contributed by atoms with Gasteiger partial charge in [-0.25, -0.2) is 14.4 Å². The number of nitrogens with one attached hydrogen (secondary N) is 1. The fourth-order valence-electron chi connectivity index (χ4n) is 3.55. The fraction of sp³-hybridized carbons (Fsp3) is 0.148. The Kier molecular flexibility index (Phi) is 7.03. The third-order valence-electron chi connectivity index (χ3n) is 5.24. The summed E-state index contributed by atoms with van der Waals surface area (Å²) in [6.07, 6.45) is -0.0986. The Bertz CT molecular complexity index is 1350. The van der Waals surface area contributed by atoms with Gasteiger partial charge in [0.05, 0.1) is 0 Å². The number of ether oxygens (including phenoxy) is 2. The third-order valence-corrected chi connectivity index (χ3v) is 5.24. The first-order valence-electron chi connectivity index (χ1n) is 10.8. The van der Waals surface area contributed by atoms with Crippen LogP contribution in [0.15, 0.2) is 94.1 Å². The fourth-order valence-corrected chi connectivity index (χ4v) is 3.55. The highest BCUT2D eigenvalue weighted by molar-refractivity contribution is 5.86. The van der Waals surface area contributed by atoms with Crippen molar-refractivity contribution in [1.29, 1.82) is 0 Å². The number of amides is 1. The van der Waals surface area contributed by atoms with Crippen molar-refractivity contribution in [3.05, 3.63) is 112 Å². The van der Waals surface area contributed by atoms with E-state index in [0.29, 0.717) is 17.6 Å². The van der Waals surface area contributed by atoms with Crippen molar-refractivity contribution < 1.29 is 23.5 Å². The molecule has 1 N–H and O–H groups in total. The van der Waals surface area contributed by atoms with Gasteiger partial charge in [0.15, 0.2) is 6.04 Å². The second kappa shape index (κ2) is 10.5. The number of carbonyl (C=O) groups is 2. The van der Waals surface area contributed by atoms with Crippen LogP contribution in [0.25, 0.3) is 11.0 Å². The van der Waals surface area contributed by atoms with Crippen molar-refractivity contribution in [1.82, 2.24) is 5.32 Å². The minimum absolute atomic E-state index is 0.0622. The summed E-state index contributed by atoms with van der Waals surface area (Å²) in [4.78, 5) is 37.4. The van der Waals surface area contributed by atoms with Crippen LogP contribution >= 0.6 is 0 Å². The standard InChI is InChI=1S/C27H23NO6/c1-2-19-15-24(29)34-23-16-21(13-14-22(19)23)33-26(30)25(20-11-7-4-8-12-20)28-27(31)32-17-18-9-5-3-6-10-18/h3-16,25H,2,17H2,1H3,(H,28,31). The summed E-state index contributed by atoms with van der Waals surface area (Å²) in [5.41, 5.74) is 2.04. The molecule has 172 valence electrons. The number of alkyl carbamates (subject to hydrolysis) is 1. The zero-order chi connectivity index (χ0) is 23.9. The molecule has 0 aliphatic carbocycles. The Morgan fingerprint density at radius 1 is 0.941 bits per heavy atom. The van der Waals surface area contributed by atoms with Gasteiger partial charge in [-0.15, -0.1) is 0 Å². The van der Waals surface area contributed by atoms with Gasteiger partial charge in [0, 0.05) is 17.5 Å². The second-order valence-electron chi connectivity index (χ2n) is 7.57. The van der Waals surface area contributed by atoms with Crippen molar-refractivity contribution in [3.63, 3.8) is 0 Å². The first-order chi connectivity index (χ1) is 16.5. The molecule has 1 unspecified atom stereocenters. The lowest BCUT2D eigenvalue weighted by Gasteiger charge is -2.18. The average Bonchev–Trinajstić information content (AvgIpc) is 2.86. The average molecular weight is 457 g/mol. The number of benzene rings is 3. The Hall–Kier alpha value is -4.39. The molecule has 0 radical (unpaired) electrons. The number of rotatable bonds is 7. The van der Waals surface area contributed by atoms with Crippen LogP contribution in [-0.2, 0) is 22.6 Å². The Morgan fingerprint density at radius 3 is 2.35 bits per heavy atom. The third kappa shape index (κ3) is 5.50. The maximum Gasteiger partial charge on any atom is 0.408 e. The van der Waals surface area contributed by atoms with Gasteiger partial charge in [-0.05, 0) is 35.2 Å². The molecule has 1 amide bonds. The summed E-state index contributed by atoms with van der Waals surface area (Å²) in [6.45, 7) is 2.00. The van der Waals surface area contributed by atoms with Crippen LogP contribution in [0, 0.1) is 0 Å². The van der Waals surface area contributed by atoms with Crippen LogP contribution in [0.2, 0.25) is 0 Å². The monoisotopic (exact) mass is 457 g/mol. The molecular formula is C27H23NO6. The predicted molar refractivity (Wildman–Crippen MR) is 126 cm³/mol. The minimum Gasteiger partial charge on any atom is -0.445 e. The smallest absolute Gasteiger partial charge is 0.408 e. The zero-order valence-corrected chi connectivity index (χ0v) is 18.5. The van der Waals surface area contributed by atoms with E-state index in [1.807, 2.05) is 37.3 Å². The molecule has 1 heterocycles. The predicted octanol–water partition coefficient (Wildman–Crippen LogP) is 4.93. The highest BCUT2D eigenvalue weighted by atomic mass is 16.6. The Morgan fingerprint density at radius 2 is 1.65 bits per heavy atom.